The van der Waals surface area contributed by atoms with Crippen molar-refractivity contribution in [2.45, 2.75) is 19.8 Å². The Kier molecular flexibility index (Phi) is 11.4. The highest BCUT2D eigenvalue weighted by Gasteiger charge is 1.98. The summed E-state index contributed by atoms with van der Waals surface area (Å²) in [6.45, 7) is 1.43. The van der Waals surface area contributed by atoms with Crippen LogP contribution in [0.2, 0.25) is 0 Å². The van der Waals surface area contributed by atoms with E-state index in [4.69, 9.17) is 15.3 Å². The lowest BCUT2D eigenvalue weighted by atomic mass is 10.3. The highest BCUT2D eigenvalue weighted by atomic mass is 16.4. The lowest BCUT2D eigenvalue weighted by molar-refractivity contribution is -0.139. The topological polar surface area (TPSA) is 94.8 Å². The zero-order chi connectivity index (χ0) is 9.98. The molecule has 0 saturated heterocycles. The van der Waals surface area contributed by atoms with Crippen LogP contribution in [0, 0.1) is 0 Å². The van der Waals surface area contributed by atoms with Gasteiger partial charge in [-0.15, -0.1) is 0 Å². The summed E-state index contributed by atoms with van der Waals surface area (Å²) in [5.41, 5.74) is 0. The van der Waals surface area contributed by atoms with Crippen molar-refractivity contribution in [3.05, 3.63) is 0 Å². The molecule has 5 nitrogen and oxygen atoms in total. The van der Waals surface area contributed by atoms with Crippen LogP contribution in [0.4, 0.5) is 0 Å². The highest BCUT2D eigenvalue weighted by Crippen LogP contribution is 1.77. The van der Waals surface area contributed by atoms with Crippen LogP contribution in [-0.2, 0) is 9.59 Å². The SMILES string of the molecule is CC(=O)CC(=O)O.OCCCO. The number of Topliss-reactive ketones (excluding diaryl/α,β-unsaturated/α-hetero) is 1. The van der Waals surface area contributed by atoms with Gasteiger partial charge in [-0.25, -0.2) is 0 Å². The number of carboxylic acids is 1. The number of ketones is 1. The van der Waals surface area contributed by atoms with E-state index >= 15 is 0 Å². The number of hydrogen-bond acceptors (Lipinski definition) is 4. The van der Waals surface area contributed by atoms with Crippen LogP contribution in [0.3, 0.4) is 0 Å². The largest absolute Gasteiger partial charge is 0.481 e. The summed E-state index contributed by atoms with van der Waals surface area (Å²) in [6.07, 6.45) is 0.139. The van der Waals surface area contributed by atoms with Crippen LogP contribution in [0.5, 0.6) is 0 Å². The van der Waals surface area contributed by atoms with Gasteiger partial charge in [0.15, 0.2) is 0 Å². The molecule has 0 atom stereocenters. The van der Waals surface area contributed by atoms with E-state index in [1.54, 1.807) is 0 Å². The first-order valence-electron chi connectivity index (χ1n) is 3.47. The van der Waals surface area contributed by atoms with Crippen LogP contribution in [-0.4, -0.2) is 40.3 Å². The third-order valence-electron chi connectivity index (χ3n) is 0.716. The quantitative estimate of drug-likeness (QED) is 0.500. The van der Waals surface area contributed by atoms with Crippen molar-refractivity contribution < 1.29 is 24.9 Å². The molecule has 0 aliphatic carbocycles. The predicted octanol–water partition coefficient (Wildman–Crippen LogP) is -0.589. The van der Waals surface area contributed by atoms with Crippen LogP contribution in [0.15, 0.2) is 0 Å². The van der Waals surface area contributed by atoms with Gasteiger partial charge in [0.2, 0.25) is 0 Å². The number of aliphatic carboxylic acids is 1. The molecule has 0 aliphatic rings. The molecule has 0 aromatic carbocycles. The minimum atomic E-state index is -1.06. The maximum absolute atomic E-state index is 9.87. The van der Waals surface area contributed by atoms with E-state index in [-0.39, 0.29) is 25.4 Å². The fraction of sp³-hybridized carbons (Fsp3) is 0.714. The van der Waals surface area contributed by atoms with Gasteiger partial charge in [0.25, 0.3) is 0 Å². The van der Waals surface area contributed by atoms with Crippen molar-refractivity contribution in [3.8, 4) is 0 Å². The molecule has 0 radical (unpaired) electrons. The molecule has 0 aromatic rings. The third kappa shape index (κ3) is 23.0. The van der Waals surface area contributed by atoms with E-state index in [0.717, 1.165) is 0 Å². The van der Waals surface area contributed by atoms with E-state index in [1.807, 2.05) is 0 Å². The first-order chi connectivity index (χ1) is 5.54. The number of rotatable bonds is 4. The summed E-state index contributed by atoms with van der Waals surface area (Å²) in [4.78, 5) is 19.5. The minimum absolute atomic E-state index is 0.0938. The Labute approximate surface area is 70.6 Å². The Hall–Kier alpha value is -0.940. The van der Waals surface area contributed by atoms with Gasteiger partial charge in [0.1, 0.15) is 12.2 Å². The lowest BCUT2D eigenvalue weighted by Crippen LogP contribution is -2.00. The van der Waals surface area contributed by atoms with E-state index in [0.29, 0.717) is 6.42 Å². The highest BCUT2D eigenvalue weighted by molar-refractivity contribution is 5.93. The van der Waals surface area contributed by atoms with Gasteiger partial charge >= 0.3 is 5.97 Å². The predicted molar refractivity (Wildman–Crippen MR) is 41.7 cm³/mol. The second kappa shape index (κ2) is 10.1. The summed E-state index contributed by atoms with van der Waals surface area (Å²) in [5.74, 6) is -1.37. The fourth-order valence-electron chi connectivity index (χ4n) is 0.284. The molecule has 0 amide bonds. The van der Waals surface area contributed by atoms with E-state index in [1.165, 1.54) is 6.92 Å². The van der Waals surface area contributed by atoms with Crippen molar-refractivity contribution in [1.29, 1.82) is 0 Å². The smallest absolute Gasteiger partial charge is 0.310 e. The molecule has 0 fully saturated rings. The van der Waals surface area contributed by atoms with E-state index < -0.39 is 5.97 Å². The molecule has 12 heavy (non-hydrogen) atoms. The zero-order valence-corrected chi connectivity index (χ0v) is 6.99. The van der Waals surface area contributed by atoms with Crippen molar-refractivity contribution in [2.24, 2.45) is 0 Å². The van der Waals surface area contributed by atoms with Gasteiger partial charge in [0.05, 0.1) is 0 Å². The number of carbonyl (C=O) groups excluding carboxylic acids is 1. The van der Waals surface area contributed by atoms with Crippen molar-refractivity contribution >= 4 is 11.8 Å². The Morgan fingerprint density at radius 1 is 1.17 bits per heavy atom. The summed E-state index contributed by atoms with van der Waals surface area (Å²) in [6, 6.07) is 0. The van der Waals surface area contributed by atoms with Gasteiger partial charge in [-0.2, -0.15) is 0 Å². The Morgan fingerprint density at radius 2 is 1.58 bits per heavy atom. The second-order valence-electron chi connectivity index (χ2n) is 2.07. The third-order valence-corrected chi connectivity index (χ3v) is 0.716. The zero-order valence-electron chi connectivity index (χ0n) is 6.99. The monoisotopic (exact) mass is 178 g/mol. The van der Waals surface area contributed by atoms with Gasteiger partial charge in [-0.3, -0.25) is 9.59 Å². The normalized spacial score (nSPS) is 8.25. The lowest BCUT2D eigenvalue weighted by Gasteiger charge is -1.80. The Morgan fingerprint density at radius 3 is 1.58 bits per heavy atom. The van der Waals surface area contributed by atoms with Crippen LogP contribution >= 0.6 is 0 Å². The number of aliphatic hydroxyl groups excluding tert-OH is 2. The Balaban J connectivity index is 0. The van der Waals surface area contributed by atoms with Crippen molar-refractivity contribution in [3.63, 3.8) is 0 Å². The summed E-state index contributed by atoms with van der Waals surface area (Å²) < 4.78 is 0. The van der Waals surface area contributed by atoms with Gasteiger partial charge in [-0.05, 0) is 13.3 Å². The first kappa shape index (κ1) is 13.6. The molecule has 0 aliphatic heterocycles. The van der Waals surface area contributed by atoms with E-state index in [9.17, 15) is 9.59 Å². The molecule has 5 heteroatoms. The molecule has 72 valence electrons. The number of hydrogen-bond donors (Lipinski definition) is 3. The number of carboxylic acid groups (broad SMARTS) is 1. The molecule has 0 heterocycles. The van der Waals surface area contributed by atoms with Gasteiger partial charge < -0.3 is 15.3 Å². The summed E-state index contributed by atoms with van der Waals surface area (Å²) in [5, 5.41) is 23.7. The fourth-order valence-corrected chi connectivity index (χ4v) is 0.284. The molecule has 0 rings (SSSR count). The average molecular weight is 178 g/mol. The molecule has 3 N–H and O–H groups in total. The maximum Gasteiger partial charge on any atom is 0.310 e. The number of aliphatic hydroxyl groups is 2. The van der Waals surface area contributed by atoms with Crippen LogP contribution in [0.25, 0.3) is 0 Å². The summed E-state index contributed by atoms with van der Waals surface area (Å²) in [7, 11) is 0. The molecule has 0 bridgehead atoms. The van der Waals surface area contributed by atoms with E-state index in [2.05, 4.69) is 0 Å². The maximum atomic E-state index is 9.87. The average Bonchev–Trinajstić information content (AvgIpc) is 1.87. The molecule has 0 aromatic heterocycles. The van der Waals surface area contributed by atoms with Crippen LogP contribution in [0.1, 0.15) is 19.8 Å². The van der Waals surface area contributed by atoms with Gasteiger partial charge in [0, 0.05) is 13.2 Å². The minimum Gasteiger partial charge on any atom is -0.481 e. The summed E-state index contributed by atoms with van der Waals surface area (Å²) >= 11 is 0. The molecule has 0 saturated carbocycles. The Bertz CT molecular complexity index is 118. The van der Waals surface area contributed by atoms with Crippen molar-refractivity contribution in [2.75, 3.05) is 13.2 Å². The molecule has 0 unspecified atom stereocenters. The van der Waals surface area contributed by atoms with Crippen molar-refractivity contribution in [1.82, 2.24) is 0 Å². The van der Waals surface area contributed by atoms with Crippen LogP contribution < -0.4 is 0 Å². The van der Waals surface area contributed by atoms with Gasteiger partial charge in [-0.1, -0.05) is 0 Å². The molecular weight excluding hydrogens is 164 g/mol. The molecule has 0 spiro atoms. The first-order valence-corrected chi connectivity index (χ1v) is 3.47. The number of carbonyl (C=O) groups is 2. The standard InChI is InChI=1S/C4H6O3.C3H8O2/c1-3(5)2-4(6)7;4-2-1-3-5/h2H2,1H3,(H,6,7);4-5H,1-3H2. The molecular formula is C7H14O5. The second-order valence-corrected chi connectivity index (χ2v) is 2.07.